The third kappa shape index (κ3) is 3.87. The fraction of sp³-hybridized carbons (Fsp3) is 0.556. The molecule has 7 heteroatoms. The third-order valence-corrected chi connectivity index (χ3v) is 4.48. The predicted octanol–water partition coefficient (Wildman–Crippen LogP) is 2.04. The Hall–Kier alpha value is -2.28. The number of rotatable bonds is 5. The van der Waals surface area contributed by atoms with Crippen LogP contribution in [0.4, 0.5) is 11.6 Å². The van der Waals surface area contributed by atoms with Crippen LogP contribution in [-0.4, -0.2) is 53.5 Å². The van der Waals surface area contributed by atoms with Gasteiger partial charge in [-0.05, 0) is 18.2 Å². The van der Waals surface area contributed by atoms with E-state index < -0.39 is 0 Å². The van der Waals surface area contributed by atoms with Crippen LogP contribution in [0.5, 0.6) is 0 Å². The molecule has 1 saturated heterocycles. The maximum absolute atomic E-state index is 5.10. The number of ether oxygens (including phenoxy) is 1. The average molecular weight is 342 g/mol. The lowest BCUT2D eigenvalue weighted by Crippen LogP contribution is -2.59. The number of methoxy groups -OCH3 is 1. The predicted molar refractivity (Wildman–Crippen MR) is 97.9 cm³/mol. The Kier molecular flexibility index (Phi) is 4.85. The van der Waals surface area contributed by atoms with Gasteiger partial charge >= 0.3 is 0 Å². The van der Waals surface area contributed by atoms with Gasteiger partial charge in [0.15, 0.2) is 11.6 Å². The summed E-state index contributed by atoms with van der Waals surface area (Å²) < 4.78 is 5.10. The molecule has 7 nitrogen and oxygen atoms in total. The van der Waals surface area contributed by atoms with Gasteiger partial charge in [0.25, 0.3) is 0 Å². The number of anilines is 2. The van der Waals surface area contributed by atoms with Gasteiger partial charge in [0, 0.05) is 38.9 Å². The van der Waals surface area contributed by atoms with E-state index in [0.717, 1.165) is 30.4 Å². The van der Waals surface area contributed by atoms with Crippen LogP contribution in [0.1, 0.15) is 32.3 Å². The first kappa shape index (κ1) is 17.5. The van der Waals surface area contributed by atoms with Gasteiger partial charge in [0.1, 0.15) is 12.4 Å². The van der Waals surface area contributed by atoms with Crippen LogP contribution in [0.3, 0.4) is 0 Å². The molecule has 3 rings (SSSR count). The standard InChI is InChI=1S/C18H26N6O/c1-18(2,3)14-6-7-17(22-21-14)24-10-13(11-24)23(4)16-8-9-19-15(20-16)12-25-5/h6-9,13H,10-12H2,1-5H3. The van der Waals surface area contributed by atoms with E-state index in [1.165, 1.54) is 0 Å². The Labute approximate surface area is 149 Å². The van der Waals surface area contributed by atoms with Crippen LogP contribution >= 0.6 is 0 Å². The minimum absolute atomic E-state index is 0.0240. The molecule has 134 valence electrons. The van der Waals surface area contributed by atoms with Crippen molar-refractivity contribution in [3.05, 3.63) is 35.9 Å². The number of aromatic nitrogens is 4. The van der Waals surface area contributed by atoms with Crippen molar-refractivity contribution in [3.8, 4) is 0 Å². The quantitative estimate of drug-likeness (QED) is 0.823. The highest BCUT2D eigenvalue weighted by atomic mass is 16.5. The van der Waals surface area contributed by atoms with Gasteiger partial charge in [0.2, 0.25) is 0 Å². The summed E-state index contributed by atoms with van der Waals surface area (Å²) in [5, 5.41) is 8.76. The molecule has 0 unspecified atom stereocenters. The van der Waals surface area contributed by atoms with Gasteiger partial charge in [-0.1, -0.05) is 20.8 Å². The molecule has 0 bridgehead atoms. The molecule has 0 amide bonds. The maximum Gasteiger partial charge on any atom is 0.156 e. The van der Waals surface area contributed by atoms with Crippen LogP contribution in [0, 0.1) is 0 Å². The Morgan fingerprint density at radius 1 is 1.20 bits per heavy atom. The smallest absolute Gasteiger partial charge is 0.156 e. The summed E-state index contributed by atoms with van der Waals surface area (Å²) >= 11 is 0. The lowest BCUT2D eigenvalue weighted by molar-refractivity contribution is 0.178. The summed E-state index contributed by atoms with van der Waals surface area (Å²) in [6.45, 7) is 8.67. The minimum Gasteiger partial charge on any atom is -0.377 e. The highest BCUT2D eigenvalue weighted by molar-refractivity contribution is 5.47. The van der Waals surface area contributed by atoms with Gasteiger partial charge in [-0.2, -0.15) is 5.10 Å². The Morgan fingerprint density at radius 2 is 1.96 bits per heavy atom. The molecular weight excluding hydrogens is 316 g/mol. The number of likely N-dealkylation sites (N-methyl/N-ethyl adjacent to an activating group) is 1. The zero-order valence-electron chi connectivity index (χ0n) is 15.6. The molecule has 2 aromatic heterocycles. The van der Waals surface area contributed by atoms with E-state index in [2.05, 4.69) is 69.9 Å². The first-order valence-corrected chi connectivity index (χ1v) is 8.51. The highest BCUT2D eigenvalue weighted by Gasteiger charge is 2.32. The largest absolute Gasteiger partial charge is 0.377 e. The normalized spacial score (nSPS) is 15.2. The fourth-order valence-corrected chi connectivity index (χ4v) is 2.75. The zero-order chi connectivity index (χ0) is 18.0. The van der Waals surface area contributed by atoms with E-state index in [-0.39, 0.29) is 5.41 Å². The molecule has 1 aliphatic heterocycles. The van der Waals surface area contributed by atoms with Crippen molar-refractivity contribution in [1.29, 1.82) is 0 Å². The Morgan fingerprint density at radius 3 is 2.56 bits per heavy atom. The van der Waals surface area contributed by atoms with Gasteiger partial charge in [-0.15, -0.1) is 5.10 Å². The zero-order valence-corrected chi connectivity index (χ0v) is 15.6. The molecule has 0 aromatic carbocycles. The molecule has 0 radical (unpaired) electrons. The van der Waals surface area contributed by atoms with E-state index >= 15 is 0 Å². The van der Waals surface area contributed by atoms with Crippen molar-refractivity contribution in [2.75, 3.05) is 37.0 Å². The van der Waals surface area contributed by atoms with Crippen molar-refractivity contribution in [3.63, 3.8) is 0 Å². The summed E-state index contributed by atoms with van der Waals surface area (Å²) in [5.41, 5.74) is 1.04. The van der Waals surface area contributed by atoms with Crippen LogP contribution < -0.4 is 9.80 Å². The van der Waals surface area contributed by atoms with E-state index in [1.54, 1.807) is 13.3 Å². The molecule has 2 aromatic rings. The molecule has 25 heavy (non-hydrogen) atoms. The first-order chi connectivity index (χ1) is 11.9. The molecule has 1 aliphatic rings. The second kappa shape index (κ2) is 6.92. The second-order valence-corrected chi connectivity index (χ2v) is 7.46. The molecule has 0 saturated carbocycles. The first-order valence-electron chi connectivity index (χ1n) is 8.51. The van der Waals surface area contributed by atoms with E-state index in [1.807, 2.05) is 6.07 Å². The average Bonchev–Trinajstić information content (AvgIpc) is 2.53. The topological polar surface area (TPSA) is 67.3 Å². The molecular formula is C18H26N6O. The van der Waals surface area contributed by atoms with Gasteiger partial charge in [0.05, 0.1) is 11.7 Å². The van der Waals surface area contributed by atoms with Crippen LogP contribution in [-0.2, 0) is 16.8 Å². The van der Waals surface area contributed by atoms with Crippen molar-refractivity contribution in [2.24, 2.45) is 0 Å². The highest BCUT2D eigenvalue weighted by Crippen LogP contribution is 2.25. The summed E-state index contributed by atoms with van der Waals surface area (Å²) in [7, 11) is 3.71. The van der Waals surface area contributed by atoms with Crippen LogP contribution in [0.2, 0.25) is 0 Å². The van der Waals surface area contributed by atoms with E-state index in [0.29, 0.717) is 18.5 Å². The molecule has 0 atom stereocenters. The SMILES string of the molecule is COCc1nccc(N(C)C2CN(c3ccc(C(C)(C)C)nn3)C2)n1. The Bertz CT molecular complexity index is 706. The third-order valence-electron chi connectivity index (χ3n) is 4.48. The summed E-state index contributed by atoms with van der Waals surface area (Å²) in [4.78, 5) is 13.2. The van der Waals surface area contributed by atoms with Gasteiger partial charge < -0.3 is 14.5 Å². The lowest BCUT2D eigenvalue weighted by atomic mass is 9.92. The molecule has 3 heterocycles. The van der Waals surface area contributed by atoms with Crippen LogP contribution in [0.25, 0.3) is 0 Å². The van der Waals surface area contributed by atoms with E-state index in [4.69, 9.17) is 4.74 Å². The molecule has 0 N–H and O–H groups in total. The van der Waals surface area contributed by atoms with Crippen molar-refractivity contribution in [1.82, 2.24) is 20.2 Å². The summed E-state index contributed by atoms with van der Waals surface area (Å²) in [6, 6.07) is 6.46. The second-order valence-electron chi connectivity index (χ2n) is 7.46. The molecule has 0 spiro atoms. The number of nitrogens with zero attached hydrogens (tertiary/aromatic N) is 6. The van der Waals surface area contributed by atoms with Crippen molar-refractivity contribution in [2.45, 2.75) is 38.8 Å². The minimum atomic E-state index is 0.0240. The Balaban J connectivity index is 1.61. The van der Waals surface area contributed by atoms with Crippen molar-refractivity contribution < 1.29 is 4.74 Å². The monoisotopic (exact) mass is 342 g/mol. The fourth-order valence-electron chi connectivity index (χ4n) is 2.75. The number of hydrogen-bond acceptors (Lipinski definition) is 7. The van der Waals surface area contributed by atoms with Gasteiger partial charge in [-0.3, -0.25) is 0 Å². The van der Waals surface area contributed by atoms with Gasteiger partial charge in [-0.25, -0.2) is 9.97 Å². The van der Waals surface area contributed by atoms with Crippen molar-refractivity contribution >= 4 is 11.6 Å². The molecule has 0 aliphatic carbocycles. The van der Waals surface area contributed by atoms with E-state index in [9.17, 15) is 0 Å². The number of hydrogen-bond donors (Lipinski definition) is 0. The molecule has 1 fully saturated rings. The summed E-state index contributed by atoms with van der Waals surface area (Å²) in [5.74, 6) is 2.55. The van der Waals surface area contributed by atoms with Crippen LogP contribution in [0.15, 0.2) is 24.4 Å². The maximum atomic E-state index is 5.10. The summed E-state index contributed by atoms with van der Waals surface area (Å²) in [6.07, 6.45) is 1.78. The lowest BCUT2D eigenvalue weighted by Gasteiger charge is -2.44.